The van der Waals surface area contributed by atoms with Gasteiger partial charge in [-0.15, -0.1) is 13.2 Å². The van der Waals surface area contributed by atoms with Crippen LogP contribution in [0.5, 0.6) is 0 Å². The molecule has 0 spiro atoms. The molecular formula is C14H20N2. The fourth-order valence-corrected chi connectivity index (χ4v) is 1.57. The number of benzene rings is 1. The fourth-order valence-electron chi connectivity index (χ4n) is 1.57. The lowest BCUT2D eigenvalue weighted by molar-refractivity contribution is 1.01. The molecular weight excluding hydrogens is 196 g/mol. The number of hydrogen-bond donors (Lipinski definition) is 0. The molecule has 0 unspecified atom stereocenters. The van der Waals surface area contributed by atoms with Crippen LogP contribution in [0.25, 0.3) is 0 Å². The minimum absolute atomic E-state index is 0.856. The van der Waals surface area contributed by atoms with Gasteiger partial charge in [0.25, 0.3) is 0 Å². The van der Waals surface area contributed by atoms with Crippen molar-refractivity contribution in [2.75, 3.05) is 37.0 Å². The molecule has 0 N–H and O–H groups in total. The first-order valence-corrected chi connectivity index (χ1v) is 5.43. The van der Waals surface area contributed by atoms with Crippen molar-refractivity contribution >= 4 is 11.4 Å². The molecule has 1 aromatic rings. The first-order valence-electron chi connectivity index (χ1n) is 5.43. The van der Waals surface area contributed by atoms with Gasteiger partial charge < -0.3 is 9.80 Å². The molecule has 0 aliphatic carbocycles. The summed E-state index contributed by atoms with van der Waals surface area (Å²) in [6.07, 6.45) is 3.81. The second-order valence-corrected chi connectivity index (χ2v) is 3.86. The highest BCUT2D eigenvalue weighted by molar-refractivity contribution is 5.59. The Labute approximate surface area is 98.5 Å². The molecule has 0 atom stereocenters. The predicted molar refractivity (Wildman–Crippen MR) is 73.4 cm³/mol. The Hall–Kier alpha value is -1.70. The zero-order chi connectivity index (χ0) is 12.0. The van der Waals surface area contributed by atoms with Crippen LogP contribution in [0.2, 0.25) is 0 Å². The van der Waals surface area contributed by atoms with Gasteiger partial charge in [0.05, 0.1) is 0 Å². The molecule has 0 amide bonds. The van der Waals surface area contributed by atoms with Crippen molar-refractivity contribution < 1.29 is 0 Å². The Morgan fingerprint density at radius 1 is 1.00 bits per heavy atom. The summed E-state index contributed by atoms with van der Waals surface area (Å²) < 4.78 is 0. The van der Waals surface area contributed by atoms with E-state index in [9.17, 15) is 0 Å². The van der Waals surface area contributed by atoms with Gasteiger partial charge in [0.1, 0.15) is 0 Å². The Balaban J connectivity index is 2.85. The summed E-state index contributed by atoms with van der Waals surface area (Å²) in [5, 5.41) is 0. The molecule has 0 saturated heterocycles. The quantitative estimate of drug-likeness (QED) is 0.675. The summed E-state index contributed by atoms with van der Waals surface area (Å²) in [5.74, 6) is 0. The molecule has 16 heavy (non-hydrogen) atoms. The van der Waals surface area contributed by atoms with E-state index in [1.54, 1.807) is 0 Å². The predicted octanol–water partition coefficient (Wildman–Crippen LogP) is 2.93. The van der Waals surface area contributed by atoms with Crippen LogP contribution in [0.1, 0.15) is 0 Å². The zero-order valence-electron chi connectivity index (χ0n) is 10.2. The third-order valence-corrected chi connectivity index (χ3v) is 2.52. The first-order chi connectivity index (χ1) is 7.69. The maximum absolute atomic E-state index is 3.75. The molecule has 0 aliphatic heterocycles. The van der Waals surface area contributed by atoms with Crippen LogP contribution in [0.3, 0.4) is 0 Å². The van der Waals surface area contributed by atoms with Gasteiger partial charge in [0.2, 0.25) is 0 Å². The van der Waals surface area contributed by atoms with Gasteiger partial charge in [-0.2, -0.15) is 0 Å². The van der Waals surface area contributed by atoms with E-state index in [2.05, 4.69) is 61.3 Å². The second-order valence-electron chi connectivity index (χ2n) is 3.86. The third-order valence-electron chi connectivity index (χ3n) is 2.52. The van der Waals surface area contributed by atoms with Crippen LogP contribution >= 0.6 is 0 Å². The summed E-state index contributed by atoms with van der Waals surface area (Å²) in [5.41, 5.74) is 2.40. The first kappa shape index (κ1) is 12.4. The molecule has 2 heteroatoms. The number of hydrogen-bond acceptors (Lipinski definition) is 2. The van der Waals surface area contributed by atoms with Gasteiger partial charge in [-0.25, -0.2) is 0 Å². The van der Waals surface area contributed by atoms with Crippen LogP contribution in [0.4, 0.5) is 11.4 Å². The number of nitrogens with zero attached hydrogens (tertiary/aromatic N) is 2. The summed E-state index contributed by atoms with van der Waals surface area (Å²) in [7, 11) is 4.13. The van der Waals surface area contributed by atoms with Crippen molar-refractivity contribution in [3.63, 3.8) is 0 Å². The number of rotatable bonds is 6. The summed E-state index contributed by atoms with van der Waals surface area (Å²) in [6, 6.07) is 8.46. The number of anilines is 2. The molecule has 86 valence electrons. The largest absolute Gasteiger partial charge is 0.371 e. The highest BCUT2D eigenvalue weighted by atomic mass is 15.1. The molecule has 0 heterocycles. The molecule has 0 aliphatic rings. The van der Waals surface area contributed by atoms with Crippen LogP contribution in [-0.2, 0) is 0 Å². The van der Waals surface area contributed by atoms with Gasteiger partial charge in [-0.1, -0.05) is 18.2 Å². The molecule has 1 rings (SSSR count). The standard InChI is InChI=1S/C14H20N2/c1-5-10-15(3)13-8-7-9-14(12-13)16(4)11-6-2/h5-9,12H,1-2,10-11H2,3-4H3. The van der Waals surface area contributed by atoms with Crippen LogP contribution in [0.15, 0.2) is 49.6 Å². The Bertz CT molecular complexity index is 326. The topological polar surface area (TPSA) is 6.48 Å². The molecule has 0 saturated carbocycles. The summed E-state index contributed by atoms with van der Waals surface area (Å²) >= 11 is 0. The minimum atomic E-state index is 0.856. The fraction of sp³-hybridized carbons (Fsp3) is 0.286. The van der Waals surface area contributed by atoms with Crippen molar-refractivity contribution in [3.8, 4) is 0 Å². The zero-order valence-corrected chi connectivity index (χ0v) is 10.2. The van der Waals surface area contributed by atoms with Crippen molar-refractivity contribution in [1.29, 1.82) is 0 Å². The van der Waals surface area contributed by atoms with E-state index >= 15 is 0 Å². The lowest BCUT2D eigenvalue weighted by Crippen LogP contribution is -2.19. The monoisotopic (exact) mass is 216 g/mol. The Morgan fingerprint density at radius 2 is 1.44 bits per heavy atom. The summed E-state index contributed by atoms with van der Waals surface area (Å²) in [4.78, 5) is 4.33. The molecule has 0 fully saturated rings. The highest BCUT2D eigenvalue weighted by Gasteiger charge is 2.02. The normalized spacial score (nSPS) is 9.62. The maximum Gasteiger partial charge on any atom is 0.0387 e. The molecule has 2 nitrogen and oxygen atoms in total. The van der Waals surface area contributed by atoms with Crippen molar-refractivity contribution in [2.24, 2.45) is 0 Å². The Morgan fingerprint density at radius 3 is 1.81 bits per heavy atom. The molecule has 0 bridgehead atoms. The maximum atomic E-state index is 3.75. The van der Waals surface area contributed by atoms with Crippen molar-refractivity contribution in [3.05, 3.63) is 49.6 Å². The van der Waals surface area contributed by atoms with Crippen LogP contribution in [0, 0.1) is 0 Å². The van der Waals surface area contributed by atoms with Gasteiger partial charge in [0.15, 0.2) is 0 Å². The average molecular weight is 216 g/mol. The average Bonchev–Trinajstić information content (AvgIpc) is 2.30. The molecule has 0 radical (unpaired) electrons. The second kappa shape index (κ2) is 6.01. The molecule has 0 aromatic heterocycles. The van der Waals surface area contributed by atoms with E-state index < -0.39 is 0 Å². The minimum Gasteiger partial charge on any atom is -0.371 e. The van der Waals surface area contributed by atoms with E-state index in [0.717, 1.165) is 13.1 Å². The van der Waals surface area contributed by atoms with Crippen molar-refractivity contribution in [1.82, 2.24) is 0 Å². The van der Waals surface area contributed by atoms with Gasteiger partial charge in [0, 0.05) is 38.6 Å². The SMILES string of the molecule is C=CCN(C)c1cccc(N(C)CC=C)c1. The highest BCUT2D eigenvalue weighted by Crippen LogP contribution is 2.20. The van der Waals surface area contributed by atoms with Crippen LogP contribution < -0.4 is 9.80 Å². The number of likely N-dealkylation sites (N-methyl/N-ethyl adjacent to an activating group) is 2. The third kappa shape index (κ3) is 3.16. The van der Waals surface area contributed by atoms with E-state index in [-0.39, 0.29) is 0 Å². The summed E-state index contributed by atoms with van der Waals surface area (Å²) in [6.45, 7) is 9.21. The van der Waals surface area contributed by atoms with Crippen LogP contribution in [-0.4, -0.2) is 27.2 Å². The van der Waals surface area contributed by atoms with Gasteiger partial charge in [-0.05, 0) is 18.2 Å². The smallest absolute Gasteiger partial charge is 0.0387 e. The van der Waals surface area contributed by atoms with Crippen molar-refractivity contribution in [2.45, 2.75) is 0 Å². The van der Waals surface area contributed by atoms with E-state index in [1.165, 1.54) is 11.4 Å². The lowest BCUT2D eigenvalue weighted by Gasteiger charge is -2.22. The van der Waals surface area contributed by atoms with Gasteiger partial charge in [-0.3, -0.25) is 0 Å². The lowest BCUT2D eigenvalue weighted by atomic mass is 10.2. The van der Waals surface area contributed by atoms with E-state index in [0.29, 0.717) is 0 Å². The molecule has 1 aromatic carbocycles. The van der Waals surface area contributed by atoms with E-state index in [4.69, 9.17) is 0 Å². The van der Waals surface area contributed by atoms with Gasteiger partial charge >= 0.3 is 0 Å². The van der Waals surface area contributed by atoms with E-state index in [1.807, 2.05) is 12.2 Å². The Kier molecular flexibility index (Phi) is 4.65.